The number of nitrogens with zero attached hydrogens (tertiary/aromatic N) is 3. The summed E-state index contributed by atoms with van der Waals surface area (Å²) in [6.45, 7) is 1.27. The van der Waals surface area contributed by atoms with Gasteiger partial charge in [-0.2, -0.15) is 5.26 Å². The molecular formula is C19H19F2N3O. The lowest BCUT2D eigenvalue weighted by atomic mass is 10.1. The molecule has 0 radical (unpaired) electrons. The van der Waals surface area contributed by atoms with Crippen LogP contribution >= 0.6 is 0 Å². The van der Waals surface area contributed by atoms with Crippen molar-refractivity contribution in [3.63, 3.8) is 0 Å². The predicted molar refractivity (Wildman–Crippen MR) is 90.8 cm³/mol. The molecule has 0 bridgehead atoms. The molecule has 130 valence electrons. The molecule has 2 aromatic carbocycles. The Morgan fingerprint density at radius 1 is 1.08 bits per heavy atom. The van der Waals surface area contributed by atoms with E-state index in [-0.39, 0.29) is 12.1 Å². The van der Waals surface area contributed by atoms with Gasteiger partial charge in [0.2, 0.25) is 0 Å². The molecule has 0 heterocycles. The highest BCUT2D eigenvalue weighted by atomic mass is 19.1. The van der Waals surface area contributed by atoms with E-state index in [1.54, 1.807) is 24.3 Å². The lowest BCUT2D eigenvalue weighted by Crippen LogP contribution is -2.36. The van der Waals surface area contributed by atoms with Crippen LogP contribution in [0.1, 0.15) is 21.5 Å². The van der Waals surface area contributed by atoms with Crippen LogP contribution in [0.15, 0.2) is 42.5 Å². The van der Waals surface area contributed by atoms with Crippen LogP contribution in [-0.2, 0) is 6.54 Å². The van der Waals surface area contributed by atoms with Gasteiger partial charge in [0.25, 0.3) is 5.91 Å². The third kappa shape index (κ3) is 5.10. The van der Waals surface area contributed by atoms with Gasteiger partial charge >= 0.3 is 0 Å². The molecule has 2 rings (SSSR count). The summed E-state index contributed by atoms with van der Waals surface area (Å²) in [6.07, 6.45) is 0. The molecule has 0 spiro atoms. The molecule has 0 aromatic heterocycles. The minimum absolute atomic E-state index is 0.159. The van der Waals surface area contributed by atoms with Gasteiger partial charge in [-0.1, -0.05) is 12.1 Å². The van der Waals surface area contributed by atoms with E-state index in [1.807, 2.05) is 25.1 Å². The molecular weight excluding hydrogens is 324 g/mol. The van der Waals surface area contributed by atoms with Gasteiger partial charge in [0, 0.05) is 25.7 Å². The Kier molecular flexibility index (Phi) is 6.20. The molecule has 0 atom stereocenters. The topological polar surface area (TPSA) is 47.3 Å². The molecule has 0 fully saturated rings. The minimum atomic E-state index is -0.875. The van der Waals surface area contributed by atoms with E-state index >= 15 is 0 Å². The van der Waals surface area contributed by atoms with E-state index in [9.17, 15) is 13.6 Å². The van der Waals surface area contributed by atoms with Crippen molar-refractivity contribution in [3.05, 3.63) is 70.8 Å². The van der Waals surface area contributed by atoms with Gasteiger partial charge in [-0.25, -0.2) is 8.78 Å². The van der Waals surface area contributed by atoms with Crippen LogP contribution in [0.2, 0.25) is 0 Å². The first-order chi connectivity index (χ1) is 11.9. The van der Waals surface area contributed by atoms with Crippen LogP contribution < -0.4 is 0 Å². The highest BCUT2D eigenvalue weighted by molar-refractivity contribution is 5.94. The summed E-state index contributed by atoms with van der Waals surface area (Å²) in [5.74, 6) is -2.09. The summed E-state index contributed by atoms with van der Waals surface area (Å²) >= 11 is 0. The summed E-state index contributed by atoms with van der Waals surface area (Å²) in [7, 11) is 3.76. The lowest BCUT2D eigenvalue weighted by molar-refractivity contribution is 0.0727. The van der Waals surface area contributed by atoms with Crippen molar-refractivity contribution in [2.45, 2.75) is 6.54 Å². The highest BCUT2D eigenvalue weighted by Gasteiger charge is 2.20. The number of halogens is 2. The van der Waals surface area contributed by atoms with Crippen molar-refractivity contribution in [1.29, 1.82) is 5.26 Å². The maximum Gasteiger partial charge on any atom is 0.257 e. The summed E-state index contributed by atoms with van der Waals surface area (Å²) < 4.78 is 27.0. The second kappa shape index (κ2) is 8.36. The molecule has 25 heavy (non-hydrogen) atoms. The number of amides is 1. The molecule has 2 aromatic rings. The van der Waals surface area contributed by atoms with Gasteiger partial charge in [0.05, 0.1) is 17.2 Å². The Balaban J connectivity index is 2.24. The number of carbonyl (C=O) groups excluding carboxylic acids is 1. The third-order valence-corrected chi connectivity index (χ3v) is 3.72. The largest absolute Gasteiger partial charge is 0.333 e. The molecule has 0 unspecified atom stereocenters. The number of carbonyl (C=O) groups is 1. The average molecular weight is 343 g/mol. The monoisotopic (exact) mass is 343 g/mol. The van der Waals surface area contributed by atoms with Crippen LogP contribution in [0, 0.1) is 23.0 Å². The van der Waals surface area contributed by atoms with Crippen LogP contribution in [0.5, 0.6) is 0 Å². The molecule has 6 heteroatoms. The zero-order valence-electron chi connectivity index (χ0n) is 14.2. The Hall–Kier alpha value is -2.78. The van der Waals surface area contributed by atoms with E-state index in [0.717, 1.165) is 17.7 Å². The van der Waals surface area contributed by atoms with Crippen molar-refractivity contribution in [3.8, 4) is 6.07 Å². The van der Waals surface area contributed by atoms with Gasteiger partial charge < -0.3 is 9.80 Å². The summed E-state index contributed by atoms with van der Waals surface area (Å²) in [4.78, 5) is 16.1. The van der Waals surface area contributed by atoms with Crippen LogP contribution in [0.3, 0.4) is 0 Å². The fourth-order valence-corrected chi connectivity index (χ4v) is 2.31. The zero-order chi connectivity index (χ0) is 18.4. The van der Waals surface area contributed by atoms with Crippen LogP contribution in [-0.4, -0.2) is 42.9 Å². The first-order valence-electron chi connectivity index (χ1n) is 7.79. The van der Waals surface area contributed by atoms with Gasteiger partial charge in [-0.3, -0.25) is 4.79 Å². The quantitative estimate of drug-likeness (QED) is 0.810. The fourth-order valence-electron chi connectivity index (χ4n) is 2.31. The van der Waals surface area contributed by atoms with Crippen molar-refractivity contribution >= 4 is 5.91 Å². The molecule has 0 N–H and O–H groups in total. The van der Waals surface area contributed by atoms with Crippen LogP contribution in [0.25, 0.3) is 0 Å². The number of rotatable bonds is 6. The fraction of sp³-hybridized carbons (Fsp3) is 0.263. The molecule has 4 nitrogen and oxygen atoms in total. The van der Waals surface area contributed by atoms with Crippen molar-refractivity contribution in [2.75, 3.05) is 27.2 Å². The summed E-state index contributed by atoms with van der Waals surface area (Å²) in [6, 6.07) is 11.8. The van der Waals surface area contributed by atoms with Gasteiger partial charge in [-0.15, -0.1) is 0 Å². The van der Waals surface area contributed by atoms with E-state index in [4.69, 9.17) is 5.26 Å². The van der Waals surface area contributed by atoms with Gasteiger partial charge in [0.1, 0.15) is 11.6 Å². The molecule has 1 amide bonds. The number of hydrogen-bond donors (Lipinski definition) is 0. The standard InChI is InChI=1S/C19H19F2N3O/c1-23(2)9-10-24(13-15-5-3-14(12-22)4-6-15)19(25)17-8-7-16(20)11-18(17)21/h3-8,11H,9-10,13H2,1-2H3. The zero-order valence-corrected chi connectivity index (χ0v) is 14.2. The van der Waals surface area contributed by atoms with Crippen LogP contribution in [0.4, 0.5) is 8.78 Å². The molecule has 0 saturated carbocycles. The van der Waals surface area contributed by atoms with Crippen molar-refractivity contribution in [1.82, 2.24) is 9.80 Å². The minimum Gasteiger partial charge on any atom is -0.333 e. The van der Waals surface area contributed by atoms with Gasteiger partial charge in [-0.05, 0) is 43.9 Å². The predicted octanol–water partition coefficient (Wildman–Crippen LogP) is 3.04. The number of nitriles is 1. The van der Waals surface area contributed by atoms with E-state index in [0.29, 0.717) is 24.7 Å². The number of likely N-dealkylation sites (N-methyl/N-ethyl adjacent to an activating group) is 1. The Morgan fingerprint density at radius 3 is 2.32 bits per heavy atom. The lowest BCUT2D eigenvalue weighted by Gasteiger charge is -2.25. The normalized spacial score (nSPS) is 10.6. The molecule has 0 aliphatic carbocycles. The summed E-state index contributed by atoms with van der Waals surface area (Å²) in [5.41, 5.74) is 1.20. The average Bonchev–Trinajstić information content (AvgIpc) is 2.58. The first-order valence-corrected chi connectivity index (χ1v) is 7.79. The highest BCUT2D eigenvalue weighted by Crippen LogP contribution is 2.15. The SMILES string of the molecule is CN(C)CCN(Cc1ccc(C#N)cc1)C(=O)c1ccc(F)cc1F. The van der Waals surface area contributed by atoms with Crippen molar-refractivity contribution in [2.24, 2.45) is 0 Å². The smallest absolute Gasteiger partial charge is 0.257 e. The Morgan fingerprint density at radius 2 is 1.76 bits per heavy atom. The third-order valence-electron chi connectivity index (χ3n) is 3.72. The maximum absolute atomic E-state index is 14.0. The van der Waals surface area contributed by atoms with E-state index in [2.05, 4.69) is 0 Å². The molecule has 0 aliphatic heterocycles. The molecule has 0 saturated heterocycles. The molecule has 0 aliphatic rings. The number of benzene rings is 2. The first kappa shape index (κ1) is 18.6. The summed E-state index contributed by atoms with van der Waals surface area (Å²) in [5, 5.41) is 8.85. The Bertz CT molecular complexity index is 782. The van der Waals surface area contributed by atoms with Gasteiger partial charge in [0.15, 0.2) is 0 Å². The number of hydrogen-bond acceptors (Lipinski definition) is 3. The van der Waals surface area contributed by atoms with E-state index < -0.39 is 17.5 Å². The van der Waals surface area contributed by atoms with E-state index in [1.165, 1.54) is 4.90 Å². The Labute approximate surface area is 145 Å². The van der Waals surface area contributed by atoms with Crippen molar-refractivity contribution < 1.29 is 13.6 Å². The maximum atomic E-state index is 14.0. The second-order valence-corrected chi connectivity index (χ2v) is 5.96. The second-order valence-electron chi connectivity index (χ2n) is 5.96.